The molecule has 3 aromatic rings. The van der Waals surface area contributed by atoms with Crippen molar-refractivity contribution in [3.63, 3.8) is 0 Å². The molecule has 2 aromatic heterocycles. The molecule has 0 atom stereocenters. The second-order valence-corrected chi connectivity index (χ2v) is 7.37. The first-order chi connectivity index (χ1) is 15.3. The van der Waals surface area contributed by atoms with E-state index in [-0.39, 0.29) is 25.0 Å². The highest BCUT2D eigenvalue weighted by molar-refractivity contribution is 6.00. The van der Waals surface area contributed by atoms with Crippen LogP contribution in [-0.2, 0) is 4.79 Å². The summed E-state index contributed by atoms with van der Waals surface area (Å²) in [5.41, 5.74) is 4.00. The fraction of sp³-hybridized carbons (Fsp3) is 0.250. The van der Waals surface area contributed by atoms with Crippen molar-refractivity contribution in [2.45, 2.75) is 27.2 Å². The molecule has 0 radical (unpaired) electrons. The van der Waals surface area contributed by atoms with Crippen LogP contribution in [0, 0.1) is 20.8 Å². The van der Waals surface area contributed by atoms with Crippen LogP contribution < -0.4 is 15.4 Å². The molecular formula is C24H26N4O4. The van der Waals surface area contributed by atoms with E-state index in [0.717, 1.165) is 11.1 Å². The number of aromatic nitrogens is 2. The van der Waals surface area contributed by atoms with Crippen LogP contribution in [0.3, 0.4) is 0 Å². The number of ether oxygens (including phenoxy) is 1. The third-order valence-corrected chi connectivity index (χ3v) is 4.87. The van der Waals surface area contributed by atoms with Crippen LogP contribution in [0.4, 0.5) is 0 Å². The van der Waals surface area contributed by atoms with E-state index in [1.807, 2.05) is 38.1 Å². The molecule has 1 aromatic carbocycles. The van der Waals surface area contributed by atoms with Crippen LogP contribution in [-0.4, -0.2) is 35.1 Å². The van der Waals surface area contributed by atoms with Crippen molar-refractivity contribution in [3.05, 3.63) is 77.3 Å². The molecule has 2 amide bonds. The standard InChI is InChI=1S/C24H26N4O4/c1-15-8-9-19(13-16(15)2)31-14-21(29)27-17(3)10-12-26-24(30)22-18(4)32-28-23(22)20-7-5-6-11-25-20/h5-9,11,13H,3,10,12,14H2,1-2,4H3,(H,26,30)(H,27,29). The molecule has 8 nitrogen and oxygen atoms in total. The van der Waals surface area contributed by atoms with Gasteiger partial charge in [-0.3, -0.25) is 14.6 Å². The zero-order valence-electron chi connectivity index (χ0n) is 18.4. The van der Waals surface area contributed by atoms with Gasteiger partial charge < -0.3 is 19.9 Å². The number of nitrogens with one attached hydrogen (secondary N) is 2. The highest BCUT2D eigenvalue weighted by Gasteiger charge is 2.22. The number of nitrogens with zero attached hydrogens (tertiary/aromatic N) is 2. The third-order valence-electron chi connectivity index (χ3n) is 4.87. The van der Waals surface area contributed by atoms with Gasteiger partial charge in [0.25, 0.3) is 11.8 Å². The topological polar surface area (TPSA) is 106 Å². The van der Waals surface area contributed by atoms with Crippen molar-refractivity contribution in [3.8, 4) is 17.1 Å². The van der Waals surface area contributed by atoms with Gasteiger partial charge in [0.05, 0.1) is 5.69 Å². The summed E-state index contributed by atoms with van der Waals surface area (Å²) < 4.78 is 10.7. The lowest BCUT2D eigenvalue weighted by molar-refractivity contribution is -0.122. The summed E-state index contributed by atoms with van der Waals surface area (Å²) in [4.78, 5) is 29.0. The van der Waals surface area contributed by atoms with Gasteiger partial charge >= 0.3 is 0 Å². The molecule has 0 bridgehead atoms. The Morgan fingerprint density at radius 3 is 2.66 bits per heavy atom. The molecule has 8 heteroatoms. The summed E-state index contributed by atoms with van der Waals surface area (Å²) in [5.74, 6) is 0.390. The molecule has 0 aliphatic rings. The number of benzene rings is 1. The van der Waals surface area contributed by atoms with E-state index in [4.69, 9.17) is 9.26 Å². The molecule has 0 aliphatic heterocycles. The average Bonchev–Trinajstić information content (AvgIpc) is 3.16. The van der Waals surface area contributed by atoms with E-state index < -0.39 is 0 Å². The van der Waals surface area contributed by atoms with Gasteiger partial charge in [-0.15, -0.1) is 0 Å². The molecule has 0 spiro atoms. The van der Waals surface area contributed by atoms with E-state index in [0.29, 0.717) is 40.6 Å². The lowest BCUT2D eigenvalue weighted by Crippen LogP contribution is -2.31. The number of hydrogen-bond donors (Lipinski definition) is 2. The Morgan fingerprint density at radius 2 is 1.94 bits per heavy atom. The van der Waals surface area contributed by atoms with Crippen molar-refractivity contribution in [1.29, 1.82) is 0 Å². The number of carbonyl (C=O) groups excluding carboxylic acids is 2. The lowest BCUT2D eigenvalue weighted by Gasteiger charge is -2.11. The molecule has 0 unspecified atom stereocenters. The fourth-order valence-corrected chi connectivity index (χ4v) is 2.98. The molecule has 0 fully saturated rings. The summed E-state index contributed by atoms with van der Waals surface area (Å²) >= 11 is 0. The minimum absolute atomic E-state index is 0.124. The molecule has 0 saturated carbocycles. The molecule has 0 saturated heterocycles. The van der Waals surface area contributed by atoms with Gasteiger partial charge in [-0.2, -0.15) is 0 Å². The van der Waals surface area contributed by atoms with Crippen molar-refractivity contribution >= 4 is 11.8 Å². The third kappa shape index (κ3) is 5.81. The predicted octanol–water partition coefficient (Wildman–Crippen LogP) is 3.49. The maximum absolute atomic E-state index is 12.7. The van der Waals surface area contributed by atoms with Gasteiger partial charge in [0.2, 0.25) is 0 Å². The minimum Gasteiger partial charge on any atom is -0.484 e. The number of rotatable bonds is 9. The van der Waals surface area contributed by atoms with Crippen LogP contribution in [0.1, 0.15) is 33.7 Å². The Bertz CT molecular complexity index is 1120. The number of aryl methyl sites for hydroxylation is 3. The Hall–Kier alpha value is -3.94. The smallest absolute Gasteiger partial charge is 0.262 e. The number of carbonyl (C=O) groups is 2. The van der Waals surface area contributed by atoms with Crippen LogP contribution in [0.5, 0.6) is 5.75 Å². The lowest BCUT2D eigenvalue weighted by atomic mass is 10.1. The van der Waals surface area contributed by atoms with E-state index >= 15 is 0 Å². The molecular weight excluding hydrogens is 408 g/mol. The number of hydrogen-bond acceptors (Lipinski definition) is 6. The maximum Gasteiger partial charge on any atom is 0.262 e. The first-order valence-corrected chi connectivity index (χ1v) is 10.2. The van der Waals surface area contributed by atoms with Crippen LogP contribution in [0.15, 0.2) is 59.4 Å². The van der Waals surface area contributed by atoms with Crippen molar-refractivity contribution < 1.29 is 18.8 Å². The van der Waals surface area contributed by atoms with Gasteiger partial charge in [-0.05, 0) is 56.2 Å². The van der Waals surface area contributed by atoms with Gasteiger partial charge in [-0.25, -0.2) is 0 Å². The SMILES string of the molecule is C=C(CCNC(=O)c1c(-c2ccccn2)noc1C)NC(=O)COc1ccc(C)c(C)c1. The molecule has 2 heterocycles. The Morgan fingerprint density at radius 1 is 1.12 bits per heavy atom. The molecule has 0 aliphatic carbocycles. The first kappa shape index (κ1) is 22.7. The van der Waals surface area contributed by atoms with E-state index in [1.165, 1.54) is 0 Å². The second kappa shape index (κ2) is 10.4. The molecule has 166 valence electrons. The van der Waals surface area contributed by atoms with E-state index in [2.05, 4.69) is 27.4 Å². The predicted molar refractivity (Wildman–Crippen MR) is 120 cm³/mol. The second-order valence-electron chi connectivity index (χ2n) is 7.37. The fourth-order valence-electron chi connectivity index (χ4n) is 2.98. The summed E-state index contributed by atoms with van der Waals surface area (Å²) in [6, 6.07) is 11.0. The normalized spacial score (nSPS) is 10.5. The zero-order valence-corrected chi connectivity index (χ0v) is 18.4. The van der Waals surface area contributed by atoms with Crippen molar-refractivity contribution in [1.82, 2.24) is 20.8 Å². The summed E-state index contributed by atoms with van der Waals surface area (Å²) in [6.07, 6.45) is 1.99. The molecule has 2 N–H and O–H groups in total. The van der Waals surface area contributed by atoms with Gasteiger partial charge in [-0.1, -0.05) is 23.9 Å². The maximum atomic E-state index is 12.7. The van der Waals surface area contributed by atoms with Crippen molar-refractivity contribution in [2.75, 3.05) is 13.2 Å². The largest absolute Gasteiger partial charge is 0.484 e. The highest BCUT2D eigenvalue weighted by Crippen LogP contribution is 2.23. The van der Waals surface area contributed by atoms with E-state index in [9.17, 15) is 9.59 Å². The number of amides is 2. The van der Waals surface area contributed by atoms with E-state index in [1.54, 1.807) is 25.3 Å². The number of pyridine rings is 1. The highest BCUT2D eigenvalue weighted by atomic mass is 16.5. The molecule has 3 rings (SSSR count). The zero-order chi connectivity index (χ0) is 23.1. The minimum atomic E-state index is -0.332. The van der Waals surface area contributed by atoms with Crippen molar-refractivity contribution in [2.24, 2.45) is 0 Å². The quantitative estimate of drug-likeness (QED) is 0.534. The monoisotopic (exact) mass is 434 g/mol. The Kier molecular flexibility index (Phi) is 7.38. The van der Waals surface area contributed by atoms with Gasteiger partial charge in [0, 0.05) is 24.9 Å². The molecule has 32 heavy (non-hydrogen) atoms. The summed E-state index contributed by atoms with van der Waals surface area (Å²) in [6.45, 7) is 9.66. The Balaban J connectivity index is 1.46. The van der Waals surface area contributed by atoms with Crippen LogP contribution >= 0.6 is 0 Å². The Labute approximate surface area is 186 Å². The van der Waals surface area contributed by atoms with Crippen LogP contribution in [0.2, 0.25) is 0 Å². The summed E-state index contributed by atoms with van der Waals surface area (Å²) in [5, 5.41) is 9.44. The van der Waals surface area contributed by atoms with Gasteiger partial charge in [0.1, 0.15) is 22.8 Å². The van der Waals surface area contributed by atoms with Gasteiger partial charge in [0.15, 0.2) is 6.61 Å². The first-order valence-electron chi connectivity index (χ1n) is 10.2. The van der Waals surface area contributed by atoms with Crippen LogP contribution in [0.25, 0.3) is 11.4 Å². The average molecular weight is 434 g/mol. The summed E-state index contributed by atoms with van der Waals surface area (Å²) in [7, 11) is 0.